The first-order chi connectivity index (χ1) is 16.1. The average molecular weight is 447 g/mol. The number of amides is 1. The molecule has 1 N–H and O–H groups in total. The number of aliphatic hydroxyl groups excluding tert-OH is 1. The zero-order chi connectivity index (χ0) is 22.9. The Labute approximate surface area is 191 Å². The van der Waals surface area contributed by atoms with Crippen LogP contribution in [0.4, 0.5) is 0 Å². The molecule has 0 radical (unpaired) electrons. The number of hydrogen-bond donors (Lipinski definition) is 1. The largest absolute Gasteiger partial charge is 0.503 e. The van der Waals surface area contributed by atoms with E-state index in [1.54, 1.807) is 24.3 Å². The summed E-state index contributed by atoms with van der Waals surface area (Å²) in [5, 5.41) is 11.6. The number of ether oxygens (including phenoxy) is 2. The van der Waals surface area contributed by atoms with Crippen LogP contribution in [0.5, 0.6) is 5.75 Å². The SMILES string of the molecule is CCOc1ccc(C2C(C(=O)c3cc4ccccc4o3)=C(O)C(=O)N2CC2CCCO2)cc1. The number of carbonyl (C=O) groups excluding carboxylic acids is 2. The van der Waals surface area contributed by atoms with Crippen LogP contribution in [-0.4, -0.2) is 47.6 Å². The summed E-state index contributed by atoms with van der Waals surface area (Å²) in [6.45, 7) is 3.36. The van der Waals surface area contributed by atoms with E-state index in [4.69, 9.17) is 13.9 Å². The zero-order valence-corrected chi connectivity index (χ0v) is 18.3. The molecule has 2 aliphatic rings. The predicted molar refractivity (Wildman–Crippen MR) is 121 cm³/mol. The molecule has 1 aromatic heterocycles. The molecule has 3 aromatic rings. The average Bonchev–Trinajstić information content (AvgIpc) is 3.55. The van der Waals surface area contributed by atoms with Gasteiger partial charge in [0.1, 0.15) is 11.3 Å². The number of benzene rings is 2. The van der Waals surface area contributed by atoms with Crippen LogP contribution in [0.1, 0.15) is 41.9 Å². The smallest absolute Gasteiger partial charge is 0.290 e. The van der Waals surface area contributed by atoms with Crippen LogP contribution in [0.25, 0.3) is 11.0 Å². The number of aliphatic hydroxyl groups is 1. The van der Waals surface area contributed by atoms with Crippen LogP contribution in [0.15, 0.2) is 70.3 Å². The molecule has 1 fully saturated rings. The minimum Gasteiger partial charge on any atom is -0.503 e. The predicted octanol–water partition coefficient (Wildman–Crippen LogP) is 4.59. The molecule has 2 aromatic carbocycles. The van der Waals surface area contributed by atoms with Crippen molar-refractivity contribution in [2.24, 2.45) is 0 Å². The van der Waals surface area contributed by atoms with Gasteiger partial charge in [-0.15, -0.1) is 0 Å². The third-order valence-corrected chi connectivity index (χ3v) is 6.13. The maximum absolute atomic E-state index is 13.6. The van der Waals surface area contributed by atoms with Crippen molar-refractivity contribution in [3.05, 3.63) is 77.3 Å². The third kappa shape index (κ3) is 3.89. The summed E-state index contributed by atoms with van der Waals surface area (Å²) >= 11 is 0. The normalized spacial score (nSPS) is 20.8. The standard InChI is InChI=1S/C26H25NO6/c1-2-31-18-11-9-16(10-12-18)23-22(24(28)21-14-17-6-3-4-8-20(17)33-21)25(29)26(30)27(23)15-19-7-5-13-32-19/h3-4,6,8-12,14,19,23,29H,2,5,7,13,15H2,1H3. The topological polar surface area (TPSA) is 89.2 Å². The number of furan rings is 1. The van der Waals surface area contributed by atoms with Crippen LogP contribution in [0.2, 0.25) is 0 Å². The molecule has 5 rings (SSSR count). The second-order valence-electron chi connectivity index (χ2n) is 8.24. The van der Waals surface area contributed by atoms with Gasteiger partial charge >= 0.3 is 0 Å². The van der Waals surface area contributed by atoms with Crippen LogP contribution >= 0.6 is 0 Å². The molecule has 0 aliphatic carbocycles. The Kier molecular flexibility index (Phi) is 5.64. The molecule has 3 heterocycles. The number of fused-ring (bicyclic) bond motifs is 1. The van der Waals surface area contributed by atoms with Crippen molar-refractivity contribution in [1.82, 2.24) is 4.90 Å². The van der Waals surface area contributed by atoms with Crippen LogP contribution in [0, 0.1) is 0 Å². The summed E-state index contributed by atoms with van der Waals surface area (Å²) in [7, 11) is 0. The minimum absolute atomic E-state index is 0.0150. The molecule has 7 nitrogen and oxygen atoms in total. The summed E-state index contributed by atoms with van der Waals surface area (Å²) in [4.78, 5) is 28.2. The molecular formula is C26H25NO6. The number of rotatable bonds is 7. The van der Waals surface area contributed by atoms with Gasteiger partial charge in [0.05, 0.1) is 24.3 Å². The zero-order valence-electron chi connectivity index (χ0n) is 18.3. The van der Waals surface area contributed by atoms with E-state index in [0.29, 0.717) is 30.1 Å². The van der Waals surface area contributed by atoms with Gasteiger partial charge in [0.15, 0.2) is 11.5 Å². The first kappa shape index (κ1) is 21.3. The molecule has 170 valence electrons. The Bertz CT molecular complexity index is 1190. The molecular weight excluding hydrogens is 422 g/mol. The van der Waals surface area contributed by atoms with Crippen molar-refractivity contribution in [1.29, 1.82) is 0 Å². The highest BCUT2D eigenvalue weighted by Crippen LogP contribution is 2.40. The van der Waals surface area contributed by atoms with Gasteiger partial charge in [0, 0.05) is 18.5 Å². The lowest BCUT2D eigenvalue weighted by Gasteiger charge is -2.28. The maximum Gasteiger partial charge on any atom is 0.290 e. The third-order valence-electron chi connectivity index (χ3n) is 6.13. The lowest BCUT2D eigenvalue weighted by atomic mass is 9.94. The van der Waals surface area contributed by atoms with Gasteiger partial charge < -0.3 is 23.9 Å². The molecule has 2 aliphatic heterocycles. The summed E-state index contributed by atoms with van der Waals surface area (Å²) in [5.41, 5.74) is 1.29. The molecule has 33 heavy (non-hydrogen) atoms. The first-order valence-electron chi connectivity index (χ1n) is 11.2. The van der Waals surface area contributed by atoms with Gasteiger partial charge in [-0.3, -0.25) is 9.59 Å². The number of ketones is 1. The molecule has 7 heteroatoms. The lowest BCUT2D eigenvalue weighted by molar-refractivity contribution is -0.131. The number of carbonyl (C=O) groups is 2. The van der Waals surface area contributed by atoms with Gasteiger partial charge in [-0.05, 0) is 49.6 Å². The Morgan fingerprint density at radius 3 is 2.67 bits per heavy atom. The molecule has 0 bridgehead atoms. The summed E-state index contributed by atoms with van der Waals surface area (Å²) in [5.74, 6) is -0.859. The van der Waals surface area contributed by atoms with E-state index in [1.165, 1.54) is 4.90 Å². The van der Waals surface area contributed by atoms with Gasteiger partial charge in [-0.2, -0.15) is 0 Å². The molecule has 1 saturated heterocycles. The van der Waals surface area contributed by atoms with Crippen molar-refractivity contribution < 1.29 is 28.6 Å². The maximum atomic E-state index is 13.6. The second kappa shape index (κ2) is 8.75. The highest BCUT2D eigenvalue weighted by molar-refractivity contribution is 6.16. The summed E-state index contributed by atoms with van der Waals surface area (Å²) < 4.78 is 17.0. The van der Waals surface area contributed by atoms with Crippen LogP contribution in [-0.2, 0) is 9.53 Å². The summed E-state index contributed by atoms with van der Waals surface area (Å²) in [6.07, 6.45) is 1.62. The monoisotopic (exact) mass is 447 g/mol. The highest BCUT2D eigenvalue weighted by atomic mass is 16.5. The number of para-hydroxylation sites is 1. The molecule has 1 amide bonds. The van der Waals surface area contributed by atoms with E-state index >= 15 is 0 Å². The lowest BCUT2D eigenvalue weighted by Crippen LogP contribution is -2.37. The number of Topliss-reactive ketones (excluding diaryl/α,β-unsaturated/α-hetero) is 1. The van der Waals surface area contributed by atoms with Gasteiger partial charge in [-0.1, -0.05) is 30.3 Å². The Morgan fingerprint density at radius 2 is 1.97 bits per heavy atom. The second-order valence-corrected chi connectivity index (χ2v) is 8.24. The Balaban J connectivity index is 1.55. The van der Waals surface area contributed by atoms with Crippen molar-refractivity contribution in [2.45, 2.75) is 31.9 Å². The number of hydrogen-bond acceptors (Lipinski definition) is 6. The van der Waals surface area contributed by atoms with E-state index < -0.39 is 23.5 Å². The van der Waals surface area contributed by atoms with E-state index in [2.05, 4.69) is 0 Å². The van der Waals surface area contributed by atoms with Crippen molar-refractivity contribution in [3.8, 4) is 5.75 Å². The van der Waals surface area contributed by atoms with Gasteiger partial charge in [-0.25, -0.2) is 0 Å². The molecule has 2 unspecified atom stereocenters. The van der Waals surface area contributed by atoms with Crippen molar-refractivity contribution in [3.63, 3.8) is 0 Å². The van der Waals surface area contributed by atoms with Crippen molar-refractivity contribution in [2.75, 3.05) is 19.8 Å². The number of nitrogens with zero attached hydrogens (tertiary/aromatic N) is 1. The van der Waals surface area contributed by atoms with E-state index in [9.17, 15) is 14.7 Å². The molecule has 0 saturated carbocycles. The fraction of sp³-hybridized carbons (Fsp3) is 0.308. The van der Waals surface area contributed by atoms with Gasteiger partial charge in [0.25, 0.3) is 5.91 Å². The fourth-order valence-corrected chi connectivity index (χ4v) is 4.57. The van der Waals surface area contributed by atoms with Gasteiger partial charge in [0.2, 0.25) is 5.78 Å². The van der Waals surface area contributed by atoms with Crippen LogP contribution < -0.4 is 4.74 Å². The van der Waals surface area contributed by atoms with E-state index in [-0.39, 0.29) is 24.0 Å². The molecule has 0 spiro atoms. The first-order valence-corrected chi connectivity index (χ1v) is 11.2. The summed E-state index contributed by atoms with van der Waals surface area (Å²) in [6, 6.07) is 15.4. The highest BCUT2D eigenvalue weighted by Gasteiger charge is 2.45. The minimum atomic E-state index is -0.752. The molecule has 2 atom stereocenters. The van der Waals surface area contributed by atoms with E-state index in [0.717, 1.165) is 18.2 Å². The van der Waals surface area contributed by atoms with E-state index in [1.807, 2.05) is 37.3 Å². The quantitative estimate of drug-likeness (QED) is 0.533. The fourth-order valence-electron chi connectivity index (χ4n) is 4.57. The van der Waals surface area contributed by atoms with Crippen molar-refractivity contribution >= 4 is 22.7 Å². The van der Waals surface area contributed by atoms with Crippen LogP contribution in [0.3, 0.4) is 0 Å². The Morgan fingerprint density at radius 1 is 1.18 bits per heavy atom. The Hall–Kier alpha value is -3.58.